The summed E-state index contributed by atoms with van der Waals surface area (Å²) in [5, 5.41) is 86.6. The number of sulfonamides is 1. The van der Waals surface area contributed by atoms with E-state index in [0.29, 0.717) is 73.8 Å². The highest BCUT2D eigenvalue weighted by molar-refractivity contribution is 8.01. The number of thioether (sulfide) groups is 1. The molecule has 0 aliphatic carbocycles. The fraction of sp³-hybridized carbons (Fsp3) is 0.295. The zero-order valence-electron chi connectivity index (χ0n) is 56.1. The number of hydrazone groups is 1. The van der Waals surface area contributed by atoms with Gasteiger partial charge >= 0.3 is 11.9 Å². The summed E-state index contributed by atoms with van der Waals surface area (Å²) in [6, 6.07) is 25.9. The Bertz CT molecular complexity index is 5220. The molecular weight excluding hydrogens is 1410 g/mol. The van der Waals surface area contributed by atoms with Crippen molar-refractivity contribution in [2.45, 2.75) is 102 Å². The zero-order chi connectivity index (χ0) is 72.7. The first-order valence-electron chi connectivity index (χ1n) is 30.6. The van der Waals surface area contributed by atoms with Crippen LogP contribution in [0, 0.1) is 17.9 Å². The Labute approximate surface area is 596 Å². The van der Waals surface area contributed by atoms with Crippen molar-refractivity contribution in [3.8, 4) is 34.6 Å². The lowest BCUT2D eigenvalue weighted by atomic mass is 9.91. The van der Waals surface area contributed by atoms with E-state index < -0.39 is 33.8 Å². The van der Waals surface area contributed by atoms with Gasteiger partial charge in [0.1, 0.15) is 17.3 Å². The molecule has 10 heterocycles. The molecule has 102 heavy (non-hydrogen) atoms. The number of aromatic amines is 2. The van der Waals surface area contributed by atoms with Crippen LogP contribution >= 0.6 is 46.0 Å². The molecule has 3 N–H and O–H groups in total. The molecule has 36 nitrogen and oxygen atoms in total. The highest BCUT2D eigenvalue weighted by Gasteiger charge is 2.40. The molecule has 0 spiro atoms. The van der Waals surface area contributed by atoms with Gasteiger partial charge in [-0.25, -0.2) is 17.9 Å². The van der Waals surface area contributed by atoms with E-state index >= 15 is 0 Å². The molecule has 13 rings (SSSR count). The fourth-order valence-corrected chi connectivity index (χ4v) is 11.8. The Kier molecular flexibility index (Phi) is 23.5. The topological polar surface area (TPSA) is 454 Å². The third-order valence-electron chi connectivity index (χ3n) is 13.6. The molecule has 1 aliphatic rings. The van der Waals surface area contributed by atoms with Crippen LogP contribution in [0.15, 0.2) is 162 Å². The number of ketones is 1. The normalized spacial score (nSPS) is 13.6. The van der Waals surface area contributed by atoms with Gasteiger partial charge in [0.2, 0.25) is 44.3 Å². The predicted octanol–water partition coefficient (Wildman–Crippen LogP) is 14.4. The number of ether oxygens (including phenoxy) is 1. The van der Waals surface area contributed by atoms with Gasteiger partial charge in [-0.15, -0.1) is 66.3 Å². The standard InChI is InChI=1S/C19H23N9O4S.C15H22N8S2.C15H9N5O2S.C12H7N7OS/c1-6-12-15(21-24-19-20-16(10(2)3)26-32-19)18-23-22-17(28(18)25-12)11-7-8-14(31-4)13(9-11)27-33(5,29)30;1-7-24-14-20-19-13(25-14)18-17-9-10(15(4,5)6)21-23-12(9)16-11(22-23)8(2)3;16-9-11(13(21)12-7-4-8-22-12)18-19-15-17-14(20-23-15)10-5-2-1-3-6-10;1-13-10-9(15-17-12-16-14-7-21-12)11(20)19(18-10)8-5-3-2-4-6-8/h7-10,25,27H,6H2,1-5H3;8,21H,7H2,1-6H3;1-8,11H;2-7,9H. The van der Waals surface area contributed by atoms with Crippen molar-refractivity contribution in [2.24, 2.45) is 46.0 Å². The molecule has 1 aliphatic heterocycles. The SMILES string of the molecule is CCSc1nnc(N=Nc2c(C(C)(C)C)[nH]n3nc(C(C)C)nc23)s1.CCc1[nH]n2c(-c3ccc(OC)c(NS(C)(=O)=O)c3)nnc2c1N=Nc1nc(C(C)C)no1.N#CC(N=Nc1nc(-c2ccccc2)ns1)C(=O)c1ccco1.[C-]#[N+]C1=NN(c2ccccc2)C(=O)C1N=Nc1nncs1. The number of nitriles is 1. The number of hydrogen-bond acceptors (Lipinski definition) is 33. The van der Waals surface area contributed by atoms with Crippen molar-refractivity contribution in [1.82, 2.24) is 79.5 Å². The first kappa shape index (κ1) is 72.9. The van der Waals surface area contributed by atoms with Gasteiger partial charge in [-0.1, -0.05) is 162 Å². The summed E-state index contributed by atoms with van der Waals surface area (Å²) in [6.45, 7) is 25.5. The summed E-state index contributed by atoms with van der Waals surface area (Å²) in [6.07, 6.45) is 3.05. The number of nitrogens with one attached hydrogen (secondary N) is 3. The van der Waals surface area contributed by atoms with Crippen LogP contribution in [-0.4, -0.2) is 137 Å². The largest absolute Gasteiger partial charge is 0.495 e. The van der Waals surface area contributed by atoms with Crippen LogP contribution < -0.4 is 14.5 Å². The van der Waals surface area contributed by atoms with Crippen molar-refractivity contribution >= 4 is 129 Å². The lowest BCUT2D eigenvalue weighted by Crippen LogP contribution is -2.29. The van der Waals surface area contributed by atoms with Crippen LogP contribution in [-0.2, 0) is 26.7 Å². The van der Waals surface area contributed by atoms with E-state index in [-0.39, 0.29) is 45.7 Å². The second kappa shape index (κ2) is 32.9. The number of amides is 1. The number of anilines is 2. The second-order valence-electron chi connectivity index (χ2n) is 22.7. The Hall–Kier alpha value is -11.8. The summed E-state index contributed by atoms with van der Waals surface area (Å²) in [7, 11) is -2.05. The first-order chi connectivity index (χ1) is 49.1. The monoisotopic (exact) mass is 1470 g/mol. The van der Waals surface area contributed by atoms with Gasteiger partial charge in [-0.3, -0.25) is 24.5 Å². The van der Waals surface area contributed by atoms with Crippen LogP contribution in [0.5, 0.6) is 5.75 Å². The molecule has 2 unspecified atom stereocenters. The number of furan rings is 1. The molecule has 0 bridgehead atoms. The van der Waals surface area contributed by atoms with Crippen LogP contribution in [0.1, 0.15) is 108 Å². The van der Waals surface area contributed by atoms with E-state index in [1.807, 2.05) is 57.2 Å². The van der Waals surface area contributed by atoms with Gasteiger partial charge in [-0.2, -0.15) is 34.5 Å². The summed E-state index contributed by atoms with van der Waals surface area (Å²) in [4.78, 5) is 40.6. The molecule has 2 atom stereocenters. The van der Waals surface area contributed by atoms with Gasteiger partial charge in [0.15, 0.2) is 44.8 Å². The molecule has 522 valence electrons. The Morgan fingerprint density at radius 1 is 0.853 bits per heavy atom. The van der Waals surface area contributed by atoms with E-state index in [9.17, 15) is 18.0 Å². The molecule has 9 aromatic heterocycles. The third-order valence-corrected chi connectivity index (χ3v) is 17.2. The Morgan fingerprint density at radius 3 is 2.25 bits per heavy atom. The van der Waals surface area contributed by atoms with E-state index in [2.05, 4.69) is 167 Å². The number of aryl methyl sites for hydroxylation is 1. The van der Waals surface area contributed by atoms with Crippen molar-refractivity contribution in [3.63, 3.8) is 0 Å². The summed E-state index contributed by atoms with van der Waals surface area (Å²) >= 11 is 5.31. The number of hydrogen-bond donors (Lipinski definition) is 3. The first-order valence-corrected chi connectivity index (χ1v) is 35.9. The third kappa shape index (κ3) is 18.0. The quantitative estimate of drug-likeness (QED) is 0.0260. The molecule has 12 aromatic rings. The zero-order valence-corrected chi connectivity index (χ0v) is 60.1. The van der Waals surface area contributed by atoms with Gasteiger partial charge in [0, 0.05) is 39.9 Å². The summed E-state index contributed by atoms with van der Waals surface area (Å²) in [5.74, 6) is 3.07. The Balaban J connectivity index is 0.000000149. The Morgan fingerprint density at radius 2 is 1.61 bits per heavy atom. The predicted molar refractivity (Wildman–Crippen MR) is 379 cm³/mol. The van der Waals surface area contributed by atoms with E-state index in [1.165, 1.54) is 47.6 Å². The maximum Gasteiger partial charge on any atom is 0.366 e. The number of rotatable bonds is 21. The number of amidine groups is 1. The minimum Gasteiger partial charge on any atom is -0.495 e. The summed E-state index contributed by atoms with van der Waals surface area (Å²) in [5.41, 5.74) is 7.73. The van der Waals surface area contributed by atoms with Gasteiger partial charge in [0.05, 0.1) is 42.4 Å². The molecule has 1 amide bonds. The van der Waals surface area contributed by atoms with Crippen LogP contribution in [0.3, 0.4) is 0 Å². The van der Waals surface area contributed by atoms with Crippen LogP contribution in [0.25, 0.3) is 38.9 Å². The maximum absolute atomic E-state index is 12.3. The van der Waals surface area contributed by atoms with E-state index in [1.54, 1.807) is 75.5 Å². The number of H-pyrrole nitrogens is 2. The number of fused-ring (bicyclic) bond motifs is 2. The number of azo groups is 4. The second-order valence-corrected chi connectivity index (χ2v) is 28.5. The minimum atomic E-state index is -3.51. The van der Waals surface area contributed by atoms with Crippen molar-refractivity contribution in [2.75, 3.05) is 28.8 Å². The summed E-state index contributed by atoms with van der Waals surface area (Å²) < 4.78 is 49.7. The average molecular weight is 1470 g/mol. The minimum absolute atomic E-state index is 0.0166. The number of aromatic nitrogens is 16. The van der Waals surface area contributed by atoms with E-state index in [4.69, 9.17) is 25.5 Å². The molecule has 0 saturated carbocycles. The molecule has 3 aromatic carbocycles. The number of benzene rings is 3. The molecule has 0 fully saturated rings. The molecule has 41 heteroatoms. The van der Waals surface area contributed by atoms with Gasteiger partial charge in [0.25, 0.3) is 16.2 Å². The number of carbonyl (C=O) groups is 2. The maximum atomic E-state index is 12.3. The lowest BCUT2D eigenvalue weighted by molar-refractivity contribution is -0.117. The molecule has 0 radical (unpaired) electrons. The smallest absolute Gasteiger partial charge is 0.366 e. The lowest BCUT2D eigenvalue weighted by Gasteiger charge is -2.16. The van der Waals surface area contributed by atoms with Crippen LogP contribution in [0.4, 0.5) is 44.2 Å². The van der Waals surface area contributed by atoms with E-state index in [0.717, 1.165) is 55.7 Å². The fourth-order valence-electron chi connectivity index (χ4n) is 8.78. The number of nitrogens with zero attached hydrogens (tertiary/aromatic N) is 26. The number of Topliss-reactive ketones (excluding diaryl/α,β-unsaturated/α-hetero) is 1. The molecule has 0 saturated heterocycles. The highest BCUT2D eigenvalue weighted by Crippen LogP contribution is 2.38. The molecular formula is C61H61N29O7S5. The average Bonchev–Trinajstić information content (AvgIpc) is 1.61. The van der Waals surface area contributed by atoms with Crippen molar-refractivity contribution in [3.05, 3.63) is 143 Å². The van der Waals surface area contributed by atoms with Crippen LogP contribution in [0.2, 0.25) is 0 Å². The van der Waals surface area contributed by atoms with Crippen molar-refractivity contribution < 1.29 is 31.7 Å². The number of para-hydroxylation sites is 1. The van der Waals surface area contributed by atoms with Gasteiger partial charge in [-0.05, 0) is 59.7 Å². The van der Waals surface area contributed by atoms with Gasteiger partial charge < -0.3 is 18.5 Å². The number of carbonyl (C=O) groups excluding carboxylic acids is 2. The van der Waals surface area contributed by atoms with Crippen molar-refractivity contribution in [1.29, 1.82) is 5.26 Å². The number of methoxy groups -OCH3 is 1. The highest BCUT2D eigenvalue weighted by atomic mass is 32.2.